The number of nitrogens with one attached hydrogen (secondary N) is 2. The number of sulfone groups is 1. The third kappa shape index (κ3) is 5.45. The van der Waals surface area contributed by atoms with Gasteiger partial charge in [-0.2, -0.15) is 0 Å². The van der Waals surface area contributed by atoms with Gasteiger partial charge in [0.2, 0.25) is 5.91 Å². The number of hydrogen-bond donors (Lipinski definition) is 2. The first kappa shape index (κ1) is 21.7. The summed E-state index contributed by atoms with van der Waals surface area (Å²) in [6, 6.07) is 13.4. The van der Waals surface area contributed by atoms with Gasteiger partial charge in [0.15, 0.2) is 9.84 Å². The summed E-state index contributed by atoms with van der Waals surface area (Å²) < 4.78 is 23.8. The van der Waals surface area contributed by atoms with Crippen LogP contribution in [0.2, 0.25) is 5.02 Å². The number of amides is 1. The highest BCUT2D eigenvalue weighted by molar-refractivity contribution is 7.90. The summed E-state index contributed by atoms with van der Waals surface area (Å²) in [5, 5.41) is 6.86. The van der Waals surface area contributed by atoms with Crippen LogP contribution in [-0.2, 0) is 14.6 Å². The van der Waals surface area contributed by atoms with Gasteiger partial charge in [-0.05, 0) is 48.4 Å². The first-order valence-corrected chi connectivity index (χ1v) is 10.7. The number of halogens is 2. The summed E-state index contributed by atoms with van der Waals surface area (Å²) in [4.78, 5) is 12.9. The molecular weight excluding hydrogens is 407 g/mol. The lowest BCUT2D eigenvalue weighted by Gasteiger charge is -2.22. The van der Waals surface area contributed by atoms with E-state index in [1.807, 2.05) is 18.2 Å². The van der Waals surface area contributed by atoms with Crippen LogP contribution in [0.5, 0.6) is 0 Å². The van der Waals surface area contributed by atoms with Gasteiger partial charge in [-0.1, -0.05) is 35.9 Å². The van der Waals surface area contributed by atoms with E-state index in [9.17, 15) is 13.2 Å². The summed E-state index contributed by atoms with van der Waals surface area (Å²) in [6.07, 6.45) is 1.97. The highest BCUT2D eigenvalue weighted by Crippen LogP contribution is 2.26. The van der Waals surface area contributed by atoms with Gasteiger partial charge in [-0.3, -0.25) is 4.79 Å². The third-order valence-electron chi connectivity index (χ3n) is 4.54. The van der Waals surface area contributed by atoms with Crippen molar-refractivity contribution < 1.29 is 13.2 Å². The normalized spacial score (nSPS) is 17.8. The molecule has 2 unspecified atom stereocenters. The average Bonchev–Trinajstić information content (AvgIpc) is 3.14. The maximum absolute atomic E-state index is 12.7. The molecule has 1 aliphatic rings. The molecular formula is C19H22Cl2N2O3S. The standard InChI is InChI=1S/C19H21ClN2O3S.ClH/c1-26(24,25)17-4-2-3-14(11-17)18(13-5-7-16(20)8-6-13)22-19(23)15-9-10-21-12-15;/h2-8,11,15,18,21H,9-10,12H2,1H3,(H,22,23);1H. The van der Waals surface area contributed by atoms with Crippen molar-refractivity contribution in [1.29, 1.82) is 0 Å². The minimum atomic E-state index is -3.34. The SMILES string of the molecule is CS(=O)(=O)c1cccc(C(NC(=O)C2CCNC2)c2ccc(Cl)cc2)c1.Cl. The molecule has 1 amide bonds. The summed E-state index contributed by atoms with van der Waals surface area (Å²) in [6.45, 7) is 1.48. The lowest BCUT2D eigenvalue weighted by molar-refractivity contribution is -0.124. The molecule has 1 heterocycles. The quantitative estimate of drug-likeness (QED) is 0.767. The Hall–Kier alpha value is -1.60. The summed E-state index contributed by atoms with van der Waals surface area (Å²) in [5.41, 5.74) is 1.56. The molecule has 1 saturated heterocycles. The second kappa shape index (κ2) is 9.06. The van der Waals surface area contributed by atoms with Crippen molar-refractivity contribution in [2.24, 2.45) is 5.92 Å². The van der Waals surface area contributed by atoms with Crippen molar-refractivity contribution >= 4 is 39.8 Å². The van der Waals surface area contributed by atoms with Crippen LogP contribution in [0.1, 0.15) is 23.6 Å². The van der Waals surface area contributed by atoms with Gasteiger partial charge in [0.25, 0.3) is 0 Å². The summed E-state index contributed by atoms with van der Waals surface area (Å²) in [5.74, 6) is -0.123. The molecule has 2 N–H and O–H groups in total. The van der Waals surface area contributed by atoms with Crippen LogP contribution in [0.15, 0.2) is 53.4 Å². The lowest BCUT2D eigenvalue weighted by Crippen LogP contribution is -2.35. The van der Waals surface area contributed by atoms with E-state index in [1.54, 1.807) is 30.3 Å². The molecule has 1 fully saturated rings. The van der Waals surface area contributed by atoms with Crippen molar-refractivity contribution in [3.05, 3.63) is 64.7 Å². The van der Waals surface area contributed by atoms with E-state index in [2.05, 4.69) is 10.6 Å². The van der Waals surface area contributed by atoms with Crippen molar-refractivity contribution in [2.75, 3.05) is 19.3 Å². The minimum Gasteiger partial charge on any atom is -0.345 e. The molecule has 0 bridgehead atoms. The second-order valence-corrected chi connectivity index (χ2v) is 8.98. The fraction of sp³-hybridized carbons (Fsp3) is 0.316. The first-order valence-electron chi connectivity index (χ1n) is 8.41. The maximum atomic E-state index is 12.7. The molecule has 0 aromatic heterocycles. The summed E-state index contributed by atoms with van der Waals surface area (Å²) in [7, 11) is -3.34. The van der Waals surface area contributed by atoms with E-state index in [-0.39, 0.29) is 29.1 Å². The Morgan fingerprint density at radius 3 is 2.48 bits per heavy atom. The Balaban J connectivity index is 0.00000261. The van der Waals surface area contributed by atoms with Crippen LogP contribution >= 0.6 is 24.0 Å². The van der Waals surface area contributed by atoms with Crippen LogP contribution in [0.3, 0.4) is 0 Å². The van der Waals surface area contributed by atoms with Crippen LogP contribution in [0.4, 0.5) is 0 Å². The zero-order valence-corrected chi connectivity index (χ0v) is 17.2. The van der Waals surface area contributed by atoms with Gasteiger partial charge in [0.05, 0.1) is 16.9 Å². The van der Waals surface area contributed by atoms with Gasteiger partial charge in [-0.25, -0.2) is 8.42 Å². The van der Waals surface area contributed by atoms with Crippen LogP contribution in [-0.4, -0.2) is 33.7 Å². The Morgan fingerprint density at radius 1 is 1.19 bits per heavy atom. The van der Waals surface area contributed by atoms with E-state index in [0.717, 1.165) is 24.1 Å². The van der Waals surface area contributed by atoms with Crippen LogP contribution in [0.25, 0.3) is 0 Å². The minimum absolute atomic E-state index is 0. The predicted molar refractivity (Wildman–Crippen MR) is 109 cm³/mol. The number of rotatable bonds is 5. The largest absolute Gasteiger partial charge is 0.345 e. The molecule has 5 nitrogen and oxygen atoms in total. The molecule has 1 aliphatic heterocycles. The van der Waals surface area contributed by atoms with Gasteiger partial charge in [-0.15, -0.1) is 12.4 Å². The fourth-order valence-corrected chi connectivity index (χ4v) is 3.88. The highest BCUT2D eigenvalue weighted by atomic mass is 35.5. The smallest absolute Gasteiger partial charge is 0.225 e. The third-order valence-corrected chi connectivity index (χ3v) is 5.90. The van der Waals surface area contributed by atoms with Gasteiger partial charge >= 0.3 is 0 Å². The highest BCUT2D eigenvalue weighted by Gasteiger charge is 2.26. The van der Waals surface area contributed by atoms with E-state index < -0.39 is 15.9 Å². The zero-order valence-electron chi connectivity index (χ0n) is 14.8. The molecule has 0 radical (unpaired) electrons. The second-order valence-electron chi connectivity index (χ2n) is 6.53. The molecule has 2 aromatic rings. The van der Waals surface area contributed by atoms with Crippen molar-refractivity contribution in [1.82, 2.24) is 10.6 Å². The average molecular weight is 429 g/mol. The van der Waals surface area contributed by atoms with Crippen LogP contribution < -0.4 is 10.6 Å². The Labute approximate surface area is 170 Å². The number of carbonyl (C=O) groups is 1. The molecule has 0 saturated carbocycles. The Kier molecular flexibility index (Phi) is 7.28. The van der Waals surface area contributed by atoms with Crippen molar-refractivity contribution in [3.8, 4) is 0 Å². The molecule has 0 spiro atoms. The number of carbonyl (C=O) groups excluding carboxylic acids is 1. The Bertz CT molecular complexity index is 895. The maximum Gasteiger partial charge on any atom is 0.225 e. The molecule has 2 aromatic carbocycles. The number of benzene rings is 2. The topological polar surface area (TPSA) is 75.3 Å². The molecule has 27 heavy (non-hydrogen) atoms. The zero-order chi connectivity index (χ0) is 18.7. The molecule has 146 valence electrons. The molecule has 8 heteroatoms. The Morgan fingerprint density at radius 2 is 1.89 bits per heavy atom. The van der Waals surface area contributed by atoms with E-state index in [0.29, 0.717) is 11.6 Å². The first-order chi connectivity index (χ1) is 12.3. The van der Waals surface area contributed by atoms with Gasteiger partial charge in [0, 0.05) is 17.8 Å². The summed E-state index contributed by atoms with van der Waals surface area (Å²) >= 11 is 5.98. The van der Waals surface area contributed by atoms with Crippen molar-refractivity contribution in [3.63, 3.8) is 0 Å². The lowest BCUT2D eigenvalue weighted by atomic mass is 9.97. The van der Waals surface area contributed by atoms with E-state index in [4.69, 9.17) is 11.6 Å². The monoisotopic (exact) mass is 428 g/mol. The van der Waals surface area contributed by atoms with E-state index >= 15 is 0 Å². The molecule has 2 atom stereocenters. The molecule has 3 rings (SSSR count). The fourth-order valence-electron chi connectivity index (χ4n) is 3.08. The number of hydrogen-bond acceptors (Lipinski definition) is 4. The van der Waals surface area contributed by atoms with E-state index in [1.165, 1.54) is 6.26 Å². The van der Waals surface area contributed by atoms with Gasteiger partial charge in [0.1, 0.15) is 0 Å². The van der Waals surface area contributed by atoms with Gasteiger partial charge < -0.3 is 10.6 Å². The molecule has 0 aliphatic carbocycles. The van der Waals surface area contributed by atoms with Crippen LogP contribution in [0, 0.1) is 5.92 Å². The van der Waals surface area contributed by atoms with Crippen molar-refractivity contribution in [2.45, 2.75) is 17.4 Å². The predicted octanol–water partition coefficient (Wildman–Crippen LogP) is 2.98.